The Morgan fingerprint density at radius 1 is 1.12 bits per heavy atom. The smallest absolute Gasteiger partial charge is 0.245 e. The zero-order valence-electron chi connectivity index (χ0n) is 19.2. The van der Waals surface area contributed by atoms with Crippen LogP contribution >= 0.6 is 11.6 Å². The Kier molecular flexibility index (Phi) is 6.71. The van der Waals surface area contributed by atoms with E-state index in [0.29, 0.717) is 37.0 Å². The van der Waals surface area contributed by atoms with Gasteiger partial charge in [-0.2, -0.15) is 4.31 Å². The molecule has 2 saturated heterocycles. The zero-order valence-corrected chi connectivity index (χ0v) is 20.8. The number of carbonyl (C=O) groups excluding carboxylic acids is 2. The maximum absolute atomic E-state index is 13.3. The predicted molar refractivity (Wildman–Crippen MR) is 128 cm³/mol. The summed E-state index contributed by atoms with van der Waals surface area (Å²) in [5.41, 5.74) is 0. The van der Waals surface area contributed by atoms with Crippen molar-refractivity contribution in [3.63, 3.8) is 0 Å². The number of fused-ring (bicyclic) bond motifs is 1. The summed E-state index contributed by atoms with van der Waals surface area (Å²) in [6.07, 6.45) is 2.42. The summed E-state index contributed by atoms with van der Waals surface area (Å²) in [6.45, 7) is 5.64. The highest BCUT2D eigenvalue weighted by Crippen LogP contribution is 2.28. The number of amides is 2. The summed E-state index contributed by atoms with van der Waals surface area (Å²) in [4.78, 5) is 29.7. The number of hydrogen-bond acceptors (Lipinski definition) is 4. The van der Waals surface area contributed by atoms with E-state index >= 15 is 0 Å². The van der Waals surface area contributed by atoms with Gasteiger partial charge in [-0.3, -0.25) is 9.59 Å². The van der Waals surface area contributed by atoms with Crippen LogP contribution in [-0.4, -0.2) is 73.1 Å². The number of nitrogens with zero attached hydrogens (tertiary/aromatic N) is 3. The fourth-order valence-electron chi connectivity index (χ4n) is 4.88. The van der Waals surface area contributed by atoms with Gasteiger partial charge < -0.3 is 9.80 Å². The van der Waals surface area contributed by atoms with Gasteiger partial charge in [0.25, 0.3) is 0 Å². The van der Waals surface area contributed by atoms with Crippen molar-refractivity contribution in [1.29, 1.82) is 0 Å². The number of halogens is 1. The van der Waals surface area contributed by atoms with Crippen LogP contribution in [0.1, 0.15) is 33.1 Å². The van der Waals surface area contributed by atoms with Gasteiger partial charge >= 0.3 is 0 Å². The number of rotatable bonds is 5. The van der Waals surface area contributed by atoms with E-state index in [-0.39, 0.29) is 16.7 Å². The second kappa shape index (κ2) is 9.24. The van der Waals surface area contributed by atoms with Crippen LogP contribution in [0.5, 0.6) is 0 Å². The standard InChI is InChI=1S/C24H30ClN3O4S/c1-16-5-4-11-27(15-16)23(29)17(2)28-12-10-22(24(28)30)26(3)33(31,32)21-9-7-18-13-20(25)8-6-19(18)14-21/h6-9,13-14,16-17,22H,4-5,10-12,15H2,1-3H3/t16?,17-,22+/m1/s1. The van der Waals surface area contributed by atoms with E-state index in [4.69, 9.17) is 11.6 Å². The van der Waals surface area contributed by atoms with Crippen LogP contribution in [0.25, 0.3) is 10.8 Å². The molecule has 2 aliphatic rings. The number of likely N-dealkylation sites (N-methyl/N-ethyl adjacent to an activating group) is 1. The Balaban J connectivity index is 1.50. The van der Waals surface area contributed by atoms with Crippen molar-refractivity contribution in [2.24, 2.45) is 5.92 Å². The molecule has 0 radical (unpaired) electrons. The molecule has 4 rings (SSSR count). The first-order chi connectivity index (χ1) is 15.6. The third-order valence-corrected chi connectivity index (χ3v) is 8.99. The van der Waals surface area contributed by atoms with E-state index in [1.165, 1.54) is 18.0 Å². The summed E-state index contributed by atoms with van der Waals surface area (Å²) in [6, 6.07) is 8.67. The molecule has 2 aromatic carbocycles. The monoisotopic (exact) mass is 491 g/mol. The van der Waals surface area contributed by atoms with Crippen molar-refractivity contribution >= 4 is 44.2 Å². The van der Waals surface area contributed by atoms with Gasteiger partial charge in [-0.25, -0.2) is 8.42 Å². The van der Waals surface area contributed by atoms with Crippen molar-refractivity contribution in [3.8, 4) is 0 Å². The molecule has 2 fully saturated rings. The number of likely N-dealkylation sites (tertiary alicyclic amines) is 2. The lowest BCUT2D eigenvalue weighted by atomic mass is 9.99. The summed E-state index contributed by atoms with van der Waals surface area (Å²) < 4.78 is 27.8. The van der Waals surface area contributed by atoms with Gasteiger partial charge in [0.1, 0.15) is 12.1 Å². The molecule has 9 heteroatoms. The molecule has 7 nitrogen and oxygen atoms in total. The molecule has 0 bridgehead atoms. The fraction of sp³-hybridized carbons (Fsp3) is 0.500. The highest BCUT2D eigenvalue weighted by molar-refractivity contribution is 7.89. The first-order valence-corrected chi connectivity index (χ1v) is 13.2. The van der Waals surface area contributed by atoms with Gasteiger partial charge in [0.05, 0.1) is 4.90 Å². The Bertz CT molecular complexity index is 1190. The van der Waals surface area contributed by atoms with Crippen LogP contribution in [0.3, 0.4) is 0 Å². The first kappa shape index (κ1) is 24.0. The number of carbonyl (C=O) groups is 2. The molecule has 2 amide bonds. The number of sulfonamides is 1. The second-order valence-electron chi connectivity index (χ2n) is 9.22. The van der Waals surface area contributed by atoms with Gasteiger partial charge in [-0.15, -0.1) is 0 Å². The van der Waals surface area contributed by atoms with Crippen LogP contribution in [0.4, 0.5) is 0 Å². The average Bonchev–Trinajstić information content (AvgIpc) is 3.18. The normalized spacial score (nSPS) is 22.9. The predicted octanol–water partition coefficient (Wildman–Crippen LogP) is 3.36. The summed E-state index contributed by atoms with van der Waals surface area (Å²) in [7, 11) is -2.46. The van der Waals surface area contributed by atoms with Crippen molar-refractivity contribution in [1.82, 2.24) is 14.1 Å². The highest BCUT2D eigenvalue weighted by atomic mass is 35.5. The van der Waals surface area contributed by atoms with Crippen molar-refractivity contribution in [2.45, 2.75) is 50.1 Å². The molecule has 33 heavy (non-hydrogen) atoms. The summed E-state index contributed by atoms with van der Waals surface area (Å²) in [5, 5.41) is 2.17. The first-order valence-electron chi connectivity index (χ1n) is 11.4. The third kappa shape index (κ3) is 4.61. The molecule has 0 N–H and O–H groups in total. The fourth-order valence-corrected chi connectivity index (χ4v) is 6.44. The molecule has 2 aromatic rings. The van der Waals surface area contributed by atoms with E-state index in [1.54, 1.807) is 37.3 Å². The van der Waals surface area contributed by atoms with Gasteiger partial charge in [-0.1, -0.05) is 30.7 Å². The van der Waals surface area contributed by atoms with E-state index in [9.17, 15) is 18.0 Å². The van der Waals surface area contributed by atoms with Gasteiger partial charge in [-0.05, 0) is 67.1 Å². The van der Waals surface area contributed by atoms with Crippen molar-refractivity contribution < 1.29 is 18.0 Å². The summed E-state index contributed by atoms with van der Waals surface area (Å²) >= 11 is 6.02. The number of piperidine rings is 1. The average molecular weight is 492 g/mol. The maximum Gasteiger partial charge on any atom is 0.245 e. The van der Waals surface area contributed by atoms with Crippen LogP contribution in [-0.2, 0) is 19.6 Å². The molecule has 0 spiro atoms. The largest absolute Gasteiger partial charge is 0.341 e. The SMILES string of the molecule is CC1CCCN(C(=O)[C@@H](C)N2CC[C@H](N(C)S(=O)(=O)c3ccc4cc(Cl)ccc4c3)C2=O)C1. The van der Waals surface area contributed by atoms with Gasteiger partial charge in [0.2, 0.25) is 21.8 Å². The lowest BCUT2D eigenvalue weighted by Crippen LogP contribution is -2.52. The molecule has 0 aliphatic carbocycles. The summed E-state index contributed by atoms with van der Waals surface area (Å²) in [5.74, 6) is 0.0694. The van der Waals surface area contributed by atoms with Crippen LogP contribution in [0.2, 0.25) is 5.02 Å². The van der Waals surface area contributed by atoms with Gasteiger partial charge in [0.15, 0.2) is 0 Å². The molecule has 178 valence electrons. The Morgan fingerprint density at radius 3 is 2.55 bits per heavy atom. The molecule has 3 atom stereocenters. The Morgan fingerprint density at radius 2 is 1.82 bits per heavy atom. The number of hydrogen-bond donors (Lipinski definition) is 0. The molecule has 0 saturated carbocycles. The molecule has 0 aromatic heterocycles. The minimum absolute atomic E-state index is 0.0609. The van der Waals surface area contributed by atoms with Crippen LogP contribution in [0.15, 0.2) is 41.3 Å². The number of benzene rings is 2. The van der Waals surface area contributed by atoms with E-state index in [0.717, 1.165) is 27.9 Å². The Hall–Kier alpha value is -2.16. The lowest BCUT2D eigenvalue weighted by Gasteiger charge is -2.35. The lowest BCUT2D eigenvalue weighted by molar-refractivity contribution is -0.145. The van der Waals surface area contributed by atoms with Crippen LogP contribution < -0.4 is 0 Å². The van der Waals surface area contributed by atoms with Crippen molar-refractivity contribution in [3.05, 3.63) is 41.4 Å². The van der Waals surface area contributed by atoms with E-state index in [2.05, 4.69) is 6.92 Å². The van der Waals surface area contributed by atoms with Crippen molar-refractivity contribution in [2.75, 3.05) is 26.7 Å². The molecular formula is C24H30ClN3O4S. The van der Waals surface area contributed by atoms with Gasteiger partial charge in [0, 0.05) is 31.7 Å². The highest BCUT2D eigenvalue weighted by Gasteiger charge is 2.43. The van der Waals surface area contributed by atoms with E-state index in [1.807, 2.05) is 4.90 Å². The maximum atomic E-state index is 13.3. The van der Waals surface area contributed by atoms with E-state index < -0.39 is 22.1 Å². The molecular weight excluding hydrogens is 462 g/mol. The topological polar surface area (TPSA) is 78.0 Å². The quantitative estimate of drug-likeness (QED) is 0.642. The Labute approximate surface area is 200 Å². The molecule has 2 heterocycles. The minimum Gasteiger partial charge on any atom is -0.341 e. The third-order valence-electron chi connectivity index (χ3n) is 6.89. The zero-order chi connectivity index (χ0) is 23.9. The second-order valence-corrected chi connectivity index (χ2v) is 11.7. The minimum atomic E-state index is -3.90. The van der Waals surface area contributed by atoms with Crippen LogP contribution in [0, 0.1) is 5.92 Å². The molecule has 2 aliphatic heterocycles. The molecule has 1 unspecified atom stereocenters.